The highest BCUT2D eigenvalue weighted by molar-refractivity contribution is 9.10. The number of nitrogens with one attached hydrogen (secondary N) is 1. The quantitative estimate of drug-likeness (QED) is 0.746. The standard InChI is InChI=1S/C10H20BrNO2/c1-5-8(11)10(13)12-9(6-14-4)7(2)3/h7-9H,5-6H2,1-4H3,(H,12,13). The van der Waals surface area contributed by atoms with Crippen LogP contribution < -0.4 is 5.32 Å². The first-order chi connectivity index (χ1) is 6.52. The van der Waals surface area contributed by atoms with E-state index < -0.39 is 0 Å². The second-order valence-corrected chi connectivity index (χ2v) is 4.80. The van der Waals surface area contributed by atoms with Gasteiger partial charge in [0.25, 0.3) is 0 Å². The fraction of sp³-hybridized carbons (Fsp3) is 0.900. The van der Waals surface area contributed by atoms with Crippen molar-refractivity contribution in [1.29, 1.82) is 0 Å². The first-order valence-corrected chi connectivity index (χ1v) is 5.87. The van der Waals surface area contributed by atoms with Gasteiger partial charge in [-0.25, -0.2) is 0 Å². The van der Waals surface area contributed by atoms with Crippen LogP contribution in [0.1, 0.15) is 27.2 Å². The fourth-order valence-electron chi connectivity index (χ4n) is 1.04. The van der Waals surface area contributed by atoms with Crippen LogP contribution in [0, 0.1) is 5.92 Å². The smallest absolute Gasteiger partial charge is 0.234 e. The Kier molecular flexibility index (Phi) is 7.19. The highest BCUT2D eigenvalue weighted by atomic mass is 79.9. The number of amides is 1. The van der Waals surface area contributed by atoms with Crippen LogP contribution in [0.5, 0.6) is 0 Å². The maximum Gasteiger partial charge on any atom is 0.234 e. The molecule has 2 unspecified atom stereocenters. The van der Waals surface area contributed by atoms with Crippen molar-refractivity contribution in [3.63, 3.8) is 0 Å². The molecular weight excluding hydrogens is 246 g/mol. The first kappa shape index (κ1) is 13.9. The van der Waals surface area contributed by atoms with E-state index in [1.807, 2.05) is 6.92 Å². The molecule has 0 aromatic rings. The van der Waals surface area contributed by atoms with Gasteiger partial charge in [-0.05, 0) is 12.3 Å². The molecule has 14 heavy (non-hydrogen) atoms. The van der Waals surface area contributed by atoms with Crippen molar-refractivity contribution in [2.45, 2.75) is 38.1 Å². The van der Waals surface area contributed by atoms with Crippen LogP contribution >= 0.6 is 15.9 Å². The molecule has 0 saturated carbocycles. The minimum Gasteiger partial charge on any atom is -0.383 e. The van der Waals surface area contributed by atoms with E-state index in [0.717, 1.165) is 6.42 Å². The van der Waals surface area contributed by atoms with E-state index in [1.165, 1.54) is 0 Å². The molecule has 0 aromatic carbocycles. The summed E-state index contributed by atoms with van der Waals surface area (Å²) >= 11 is 3.32. The third-order valence-electron chi connectivity index (χ3n) is 2.12. The van der Waals surface area contributed by atoms with Gasteiger partial charge >= 0.3 is 0 Å². The van der Waals surface area contributed by atoms with Gasteiger partial charge in [-0.15, -0.1) is 0 Å². The predicted octanol–water partition coefficient (Wildman–Crippen LogP) is 1.95. The van der Waals surface area contributed by atoms with E-state index in [9.17, 15) is 4.79 Å². The van der Waals surface area contributed by atoms with E-state index >= 15 is 0 Å². The van der Waals surface area contributed by atoms with Gasteiger partial charge < -0.3 is 10.1 Å². The summed E-state index contributed by atoms with van der Waals surface area (Å²) in [6, 6.07) is 0.0964. The second-order valence-electron chi connectivity index (χ2n) is 3.69. The summed E-state index contributed by atoms with van der Waals surface area (Å²) in [5, 5.41) is 2.96. The van der Waals surface area contributed by atoms with Crippen LogP contribution in [0.25, 0.3) is 0 Å². The van der Waals surface area contributed by atoms with Crippen molar-refractivity contribution >= 4 is 21.8 Å². The molecule has 0 rings (SSSR count). The molecule has 0 radical (unpaired) electrons. The predicted molar refractivity (Wildman–Crippen MR) is 61.7 cm³/mol. The van der Waals surface area contributed by atoms with E-state index in [1.54, 1.807) is 7.11 Å². The Morgan fingerprint density at radius 1 is 1.50 bits per heavy atom. The molecule has 0 aliphatic carbocycles. The van der Waals surface area contributed by atoms with Gasteiger partial charge in [0.1, 0.15) is 0 Å². The Balaban J connectivity index is 4.08. The van der Waals surface area contributed by atoms with Gasteiger partial charge in [0.05, 0.1) is 17.5 Å². The molecular formula is C10H20BrNO2. The Bertz CT molecular complexity index is 174. The van der Waals surface area contributed by atoms with Gasteiger partial charge in [0.2, 0.25) is 5.91 Å². The molecule has 2 atom stereocenters. The maximum atomic E-state index is 11.6. The Hall–Kier alpha value is -0.0900. The lowest BCUT2D eigenvalue weighted by molar-refractivity contribution is -0.121. The van der Waals surface area contributed by atoms with Crippen molar-refractivity contribution in [2.75, 3.05) is 13.7 Å². The monoisotopic (exact) mass is 265 g/mol. The van der Waals surface area contributed by atoms with Crippen LogP contribution in [0.15, 0.2) is 0 Å². The molecule has 1 amide bonds. The molecule has 0 aliphatic heterocycles. The lowest BCUT2D eigenvalue weighted by Crippen LogP contribution is -2.44. The minimum atomic E-state index is -0.0967. The summed E-state index contributed by atoms with van der Waals surface area (Å²) in [4.78, 5) is 11.5. The zero-order chi connectivity index (χ0) is 11.1. The number of carbonyl (C=O) groups is 1. The molecule has 0 saturated heterocycles. The summed E-state index contributed by atoms with van der Waals surface area (Å²) in [6.07, 6.45) is 0.795. The summed E-state index contributed by atoms with van der Waals surface area (Å²) in [5.74, 6) is 0.429. The Morgan fingerprint density at radius 3 is 2.43 bits per heavy atom. The fourth-order valence-corrected chi connectivity index (χ4v) is 1.17. The molecule has 0 spiro atoms. The van der Waals surface area contributed by atoms with Gasteiger partial charge in [0.15, 0.2) is 0 Å². The summed E-state index contributed by atoms with van der Waals surface area (Å²) in [7, 11) is 1.65. The molecule has 0 bridgehead atoms. The lowest BCUT2D eigenvalue weighted by Gasteiger charge is -2.22. The van der Waals surface area contributed by atoms with Gasteiger partial charge in [0, 0.05) is 7.11 Å². The van der Waals surface area contributed by atoms with Crippen molar-refractivity contribution in [2.24, 2.45) is 5.92 Å². The number of rotatable bonds is 6. The number of hydrogen-bond donors (Lipinski definition) is 1. The van der Waals surface area contributed by atoms with E-state index in [4.69, 9.17) is 4.74 Å². The summed E-state index contributed by atoms with van der Waals surface area (Å²) < 4.78 is 5.05. The highest BCUT2D eigenvalue weighted by Crippen LogP contribution is 2.07. The van der Waals surface area contributed by atoms with Crippen LogP contribution in [0.3, 0.4) is 0 Å². The van der Waals surface area contributed by atoms with Crippen LogP contribution in [0.4, 0.5) is 0 Å². The zero-order valence-electron chi connectivity index (χ0n) is 9.34. The van der Waals surface area contributed by atoms with Crippen molar-refractivity contribution in [1.82, 2.24) is 5.32 Å². The van der Waals surface area contributed by atoms with Gasteiger partial charge in [-0.2, -0.15) is 0 Å². The number of carbonyl (C=O) groups excluding carboxylic acids is 1. The SMILES string of the molecule is CCC(Br)C(=O)NC(COC)C(C)C. The van der Waals surface area contributed by atoms with Crippen LogP contribution in [0.2, 0.25) is 0 Å². The number of ether oxygens (including phenoxy) is 1. The topological polar surface area (TPSA) is 38.3 Å². The van der Waals surface area contributed by atoms with Crippen LogP contribution in [-0.4, -0.2) is 30.5 Å². The lowest BCUT2D eigenvalue weighted by atomic mass is 10.1. The molecule has 0 fully saturated rings. The van der Waals surface area contributed by atoms with Gasteiger partial charge in [-0.1, -0.05) is 36.7 Å². The van der Waals surface area contributed by atoms with Gasteiger partial charge in [-0.3, -0.25) is 4.79 Å². The second kappa shape index (κ2) is 7.23. The average molecular weight is 266 g/mol. The molecule has 0 aliphatic rings. The zero-order valence-corrected chi connectivity index (χ0v) is 10.9. The average Bonchev–Trinajstić information content (AvgIpc) is 2.15. The number of hydrogen-bond acceptors (Lipinski definition) is 2. The largest absolute Gasteiger partial charge is 0.383 e. The normalized spacial score (nSPS) is 15.3. The molecule has 84 valence electrons. The minimum absolute atomic E-state index is 0.0447. The van der Waals surface area contributed by atoms with Crippen LogP contribution in [-0.2, 0) is 9.53 Å². The molecule has 0 heterocycles. The van der Waals surface area contributed by atoms with E-state index in [2.05, 4.69) is 35.1 Å². The molecule has 4 heteroatoms. The molecule has 1 N–H and O–H groups in total. The van der Waals surface area contributed by atoms with Crippen molar-refractivity contribution in [3.8, 4) is 0 Å². The third kappa shape index (κ3) is 4.96. The Morgan fingerprint density at radius 2 is 2.07 bits per heavy atom. The first-order valence-electron chi connectivity index (χ1n) is 4.96. The molecule has 0 aromatic heterocycles. The number of halogens is 1. The van der Waals surface area contributed by atoms with Crippen molar-refractivity contribution < 1.29 is 9.53 Å². The van der Waals surface area contributed by atoms with E-state index in [0.29, 0.717) is 12.5 Å². The Labute approximate surface area is 94.7 Å². The number of methoxy groups -OCH3 is 1. The highest BCUT2D eigenvalue weighted by Gasteiger charge is 2.19. The number of alkyl halides is 1. The third-order valence-corrected chi connectivity index (χ3v) is 3.18. The summed E-state index contributed by atoms with van der Waals surface area (Å²) in [5.41, 5.74) is 0. The molecule has 3 nitrogen and oxygen atoms in total. The maximum absolute atomic E-state index is 11.6. The summed E-state index contributed by atoms with van der Waals surface area (Å²) in [6.45, 7) is 6.67. The van der Waals surface area contributed by atoms with E-state index in [-0.39, 0.29) is 16.8 Å². The van der Waals surface area contributed by atoms with Crippen molar-refractivity contribution in [3.05, 3.63) is 0 Å².